The van der Waals surface area contributed by atoms with Crippen molar-refractivity contribution in [2.24, 2.45) is 0 Å². The summed E-state index contributed by atoms with van der Waals surface area (Å²) in [5.41, 5.74) is 2.08. The summed E-state index contributed by atoms with van der Waals surface area (Å²) in [6.45, 7) is 4.63. The molecule has 0 atom stereocenters. The predicted molar refractivity (Wildman–Crippen MR) is 91.6 cm³/mol. The maximum atomic E-state index is 5.41. The van der Waals surface area contributed by atoms with Gasteiger partial charge in [-0.2, -0.15) is 4.98 Å². The van der Waals surface area contributed by atoms with Crippen molar-refractivity contribution in [1.29, 1.82) is 0 Å². The van der Waals surface area contributed by atoms with Crippen molar-refractivity contribution in [2.75, 3.05) is 13.1 Å². The van der Waals surface area contributed by atoms with Gasteiger partial charge in [-0.25, -0.2) is 9.97 Å². The van der Waals surface area contributed by atoms with Crippen LogP contribution in [0.2, 0.25) is 0 Å². The van der Waals surface area contributed by atoms with Gasteiger partial charge in [0.2, 0.25) is 11.7 Å². The first kappa shape index (κ1) is 15.8. The first-order valence-corrected chi connectivity index (χ1v) is 8.53. The third kappa shape index (κ3) is 3.71. The van der Waals surface area contributed by atoms with Gasteiger partial charge in [0.1, 0.15) is 5.82 Å². The number of pyridine rings is 1. The van der Waals surface area contributed by atoms with Crippen LogP contribution in [0.5, 0.6) is 0 Å². The van der Waals surface area contributed by atoms with E-state index in [4.69, 9.17) is 4.52 Å². The summed E-state index contributed by atoms with van der Waals surface area (Å²) in [4.78, 5) is 19.6. The normalized spacial score (nSPS) is 16.2. The summed E-state index contributed by atoms with van der Waals surface area (Å²) in [5.74, 6) is 2.62. The molecule has 25 heavy (non-hydrogen) atoms. The van der Waals surface area contributed by atoms with E-state index in [1.54, 1.807) is 12.4 Å². The SMILES string of the molecule is Cc1nccc(C2CCN(Cc3nc(-c4ccncc4)no3)CC2)n1. The van der Waals surface area contributed by atoms with E-state index in [1.165, 1.54) is 0 Å². The van der Waals surface area contributed by atoms with E-state index in [0.717, 1.165) is 43.0 Å². The molecule has 1 aliphatic rings. The van der Waals surface area contributed by atoms with Gasteiger partial charge < -0.3 is 4.52 Å². The largest absolute Gasteiger partial charge is 0.338 e. The van der Waals surface area contributed by atoms with Crippen molar-refractivity contribution >= 4 is 0 Å². The minimum absolute atomic E-state index is 0.507. The molecule has 3 aromatic heterocycles. The number of likely N-dealkylation sites (tertiary alicyclic amines) is 1. The minimum atomic E-state index is 0.507. The molecule has 7 heteroatoms. The summed E-state index contributed by atoms with van der Waals surface area (Å²) in [7, 11) is 0. The maximum Gasteiger partial charge on any atom is 0.241 e. The van der Waals surface area contributed by atoms with E-state index >= 15 is 0 Å². The van der Waals surface area contributed by atoms with Crippen molar-refractivity contribution in [3.63, 3.8) is 0 Å². The van der Waals surface area contributed by atoms with Gasteiger partial charge in [0.25, 0.3) is 0 Å². The first-order valence-electron chi connectivity index (χ1n) is 8.53. The third-order valence-corrected chi connectivity index (χ3v) is 4.57. The number of aromatic nitrogens is 5. The zero-order chi connectivity index (χ0) is 17.1. The fraction of sp³-hybridized carbons (Fsp3) is 0.389. The molecular formula is C18H20N6O. The second-order valence-electron chi connectivity index (χ2n) is 6.33. The highest BCUT2D eigenvalue weighted by molar-refractivity contribution is 5.52. The van der Waals surface area contributed by atoms with E-state index < -0.39 is 0 Å². The number of nitrogens with zero attached hydrogens (tertiary/aromatic N) is 6. The molecular weight excluding hydrogens is 316 g/mol. The van der Waals surface area contributed by atoms with Crippen LogP contribution in [0.3, 0.4) is 0 Å². The van der Waals surface area contributed by atoms with Crippen molar-refractivity contribution in [3.05, 3.63) is 54.2 Å². The van der Waals surface area contributed by atoms with Gasteiger partial charge in [0.15, 0.2) is 0 Å². The Labute approximate surface area is 146 Å². The van der Waals surface area contributed by atoms with Crippen LogP contribution in [0.4, 0.5) is 0 Å². The second kappa shape index (κ2) is 7.06. The topological polar surface area (TPSA) is 80.8 Å². The number of rotatable bonds is 4. The molecule has 0 amide bonds. The summed E-state index contributed by atoms with van der Waals surface area (Å²) < 4.78 is 5.41. The van der Waals surface area contributed by atoms with E-state index in [-0.39, 0.29) is 0 Å². The molecule has 128 valence electrons. The maximum absolute atomic E-state index is 5.41. The van der Waals surface area contributed by atoms with Gasteiger partial charge in [-0.1, -0.05) is 5.16 Å². The van der Waals surface area contributed by atoms with Crippen LogP contribution < -0.4 is 0 Å². The number of hydrogen-bond acceptors (Lipinski definition) is 7. The lowest BCUT2D eigenvalue weighted by atomic mass is 9.93. The van der Waals surface area contributed by atoms with Crippen molar-refractivity contribution in [3.8, 4) is 11.4 Å². The van der Waals surface area contributed by atoms with Crippen LogP contribution in [-0.2, 0) is 6.54 Å². The Kier molecular flexibility index (Phi) is 4.47. The van der Waals surface area contributed by atoms with Crippen LogP contribution in [-0.4, -0.2) is 43.1 Å². The molecule has 0 aliphatic carbocycles. The summed E-state index contributed by atoms with van der Waals surface area (Å²) in [6, 6.07) is 5.79. The van der Waals surface area contributed by atoms with Gasteiger partial charge in [-0.15, -0.1) is 0 Å². The van der Waals surface area contributed by atoms with E-state index in [1.807, 2.05) is 31.3 Å². The van der Waals surface area contributed by atoms with Gasteiger partial charge in [-0.3, -0.25) is 9.88 Å². The lowest BCUT2D eigenvalue weighted by molar-refractivity contribution is 0.180. The van der Waals surface area contributed by atoms with Crippen molar-refractivity contribution in [2.45, 2.75) is 32.2 Å². The molecule has 7 nitrogen and oxygen atoms in total. The highest BCUT2D eigenvalue weighted by atomic mass is 16.5. The Morgan fingerprint density at radius 2 is 1.88 bits per heavy atom. The first-order chi connectivity index (χ1) is 12.3. The molecule has 0 N–H and O–H groups in total. The highest BCUT2D eigenvalue weighted by Crippen LogP contribution is 2.27. The van der Waals surface area contributed by atoms with Crippen LogP contribution in [0.25, 0.3) is 11.4 Å². The Hall–Kier alpha value is -2.67. The van der Waals surface area contributed by atoms with Gasteiger partial charge in [0.05, 0.1) is 6.54 Å². The summed E-state index contributed by atoms with van der Waals surface area (Å²) in [6.07, 6.45) is 7.47. The Morgan fingerprint density at radius 3 is 2.64 bits per heavy atom. The molecule has 1 fully saturated rings. The lowest BCUT2D eigenvalue weighted by Crippen LogP contribution is -2.32. The zero-order valence-corrected chi connectivity index (χ0v) is 14.2. The van der Waals surface area contributed by atoms with E-state index in [2.05, 4.69) is 30.0 Å². The minimum Gasteiger partial charge on any atom is -0.338 e. The van der Waals surface area contributed by atoms with Crippen LogP contribution in [0, 0.1) is 6.92 Å². The molecule has 0 spiro atoms. The number of aryl methyl sites for hydroxylation is 1. The van der Waals surface area contributed by atoms with Crippen LogP contribution in [0.15, 0.2) is 41.3 Å². The highest BCUT2D eigenvalue weighted by Gasteiger charge is 2.23. The standard InChI is InChI=1S/C18H20N6O/c1-13-20-9-4-16(21-13)14-5-10-24(11-6-14)12-17-22-18(23-25-17)15-2-7-19-8-3-15/h2-4,7-9,14H,5-6,10-12H2,1H3. The Bertz CT molecular complexity index is 826. The number of piperidine rings is 1. The molecule has 4 rings (SSSR count). The molecule has 1 saturated heterocycles. The lowest BCUT2D eigenvalue weighted by Gasteiger charge is -2.30. The molecule has 0 aromatic carbocycles. The average molecular weight is 336 g/mol. The smallest absolute Gasteiger partial charge is 0.241 e. The average Bonchev–Trinajstić information content (AvgIpc) is 3.12. The fourth-order valence-electron chi connectivity index (χ4n) is 3.22. The molecule has 0 radical (unpaired) electrons. The van der Waals surface area contributed by atoms with Crippen LogP contribution in [0.1, 0.15) is 36.2 Å². The molecule has 0 bridgehead atoms. The third-order valence-electron chi connectivity index (χ3n) is 4.57. The van der Waals surface area contributed by atoms with Crippen molar-refractivity contribution < 1.29 is 4.52 Å². The Morgan fingerprint density at radius 1 is 1.08 bits per heavy atom. The monoisotopic (exact) mass is 336 g/mol. The predicted octanol–water partition coefficient (Wildman–Crippen LogP) is 2.61. The second-order valence-corrected chi connectivity index (χ2v) is 6.33. The zero-order valence-electron chi connectivity index (χ0n) is 14.2. The molecule has 1 aliphatic heterocycles. The summed E-state index contributed by atoms with van der Waals surface area (Å²) >= 11 is 0. The quantitative estimate of drug-likeness (QED) is 0.724. The van der Waals surface area contributed by atoms with Gasteiger partial charge >= 0.3 is 0 Å². The summed E-state index contributed by atoms with van der Waals surface area (Å²) in [5, 5.41) is 4.07. The fourth-order valence-corrected chi connectivity index (χ4v) is 3.22. The van der Waals surface area contributed by atoms with E-state index in [9.17, 15) is 0 Å². The molecule has 3 aromatic rings. The number of hydrogen-bond donors (Lipinski definition) is 0. The van der Waals surface area contributed by atoms with Crippen molar-refractivity contribution in [1.82, 2.24) is 30.0 Å². The van der Waals surface area contributed by atoms with E-state index in [0.29, 0.717) is 24.2 Å². The van der Waals surface area contributed by atoms with Crippen LogP contribution >= 0.6 is 0 Å². The Balaban J connectivity index is 1.35. The van der Waals surface area contributed by atoms with Gasteiger partial charge in [0, 0.05) is 35.8 Å². The van der Waals surface area contributed by atoms with Gasteiger partial charge in [-0.05, 0) is 51.1 Å². The molecule has 0 saturated carbocycles. The molecule has 0 unspecified atom stereocenters. The molecule has 4 heterocycles.